The summed E-state index contributed by atoms with van der Waals surface area (Å²) in [6.07, 6.45) is 0. The first-order chi connectivity index (χ1) is 8.19. The minimum absolute atomic E-state index is 0.00214. The minimum atomic E-state index is -3.57. The van der Waals surface area contributed by atoms with Gasteiger partial charge < -0.3 is 15.2 Å². The number of carbonyl (C=O) groups is 2. The molecule has 0 aliphatic carbocycles. The maximum atomic E-state index is 11.4. The second-order valence-corrected chi connectivity index (χ2v) is 6.40. The van der Waals surface area contributed by atoms with Crippen molar-refractivity contribution in [1.82, 2.24) is 5.32 Å². The highest BCUT2D eigenvalue weighted by Crippen LogP contribution is 2.02. The molecule has 0 aromatic heterocycles. The first kappa shape index (κ1) is 16.9. The summed E-state index contributed by atoms with van der Waals surface area (Å²) in [6.45, 7) is 3.25. The molecule has 0 aromatic rings. The molecule has 0 saturated heterocycles. The number of rotatable bonds is 8. The number of carboxylic acid groups (broad SMARTS) is 1. The Morgan fingerprint density at radius 2 is 1.89 bits per heavy atom. The average molecular weight is 281 g/mol. The SMILES string of the molecule is COCCS(=O)(=O)CC(=O)N[C@@H](C(=O)O)C(C)C. The van der Waals surface area contributed by atoms with Crippen molar-refractivity contribution in [2.75, 3.05) is 25.2 Å². The van der Waals surface area contributed by atoms with E-state index < -0.39 is 33.5 Å². The third-order valence-corrected chi connectivity index (χ3v) is 3.69. The van der Waals surface area contributed by atoms with Crippen LogP contribution in [0.25, 0.3) is 0 Å². The van der Waals surface area contributed by atoms with E-state index in [2.05, 4.69) is 10.1 Å². The van der Waals surface area contributed by atoms with Crippen LogP contribution in [0.3, 0.4) is 0 Å². The highest BCUT2D eigenvalue weighted by molar-refractivity contribution is 7.92. The molecule has 8 heteroatoms. The van der Waals surface area contributed by atoms with Gasteiger partial charge in [0.2, 0.25) is 5.91 Å². The molecule has 0 aliphatic heterocycles. The molecule has 0 aromatic carbocycles. The molecule has 0 radical (unpaired) electrons. The third-order valence-electron chi connectivity index (χ3n) is 2.20. The van der Waals surface area contributed by atoms with Gasteiger partial charge in [0.15, 0.2) is 9.84 Å². The predicted molar refractivity (Wildman–Crippen MR) is 64.9 cm³/mol. The van der Waals surface area contributed by atoms with Crippen LogP contribution in [-0.2, 0) is 24.2 Å². The second kappa shape index (κ2) is 7.32. The lowest BCUT2D eigenvalue weighted by Crippen LogP contribution is -2.46. The van der Waals surface area contributed by atoms with Crippen molar-refractivity contribution in [1.29, 1.82) is 0 Å². The Hall–Kier alpha value is -1.15. The van der Waals surface area contributed by atoms with Gasteiger partial charge in [-0.15, -0.1) is 0 Å². The van der Waals surface area contributed by atoms with E-state index >= 15 is 0 Å². The smallest absolute Gasteiger partial charge is 0.326 e. The Labute approximate surface area is 106 Å². The zero-order valence-corrected chi connectivity index (χ0v) is 11.5. The lowest BCUT2D eigenvalue weighted by atomic mass is 10.1. The Morgan fingerprint density at radius 3 is 2.28 bits per heavy atom. The number of carboxylic acids is 1. The molecule has 1 atom stereocenters. The molecule has 2 N–H and O–H groups in total. The first-order valence-electron chi connectivity index (χ1n) is 5.41. The molecular formula is C10H19NO6S. The highest BCUT2D eigenvalue weighted by atomic mass is 32.2. The lowest BCUT2D eigenvalue weighted by Gasteiger charge is -2.17. The van der Waals surface area contributed by atoms with Crippen LogP contribution in [0.1, 0.15) is 13.8 Å². The summed E-state index contributed by atoms with van der Waals surface area (Å²) < 4.78 is 27.5. The van der Waals surface area contributed by atoms with Crippen LogP contribution in [0.5, 0.6) is 0 Å². The summed E-state index contributed by atoms with van der Waals surface area (Å²) in [4.78, 5) is 22.3. The van der Waals surface area contributed by atoms with Crippen molar-refractivity contribution >= 4 is 21.7 Å². The number of aliphatic carboxylic acids is 1. The third kappa shape index (κ3) is 6.55. The number of carbonyl (C=O) groups excluding carboxylic acids is 1. The molecule has 0 spiro atoms. The number of hydrogen-bond acceptors (Lipinski definition) is 5. The predicted octanol–water partition coefficient (Wildman–Crippen LogP) is -0.727. The van der Waals surface area contributed by atoms with E-state index in [-0.39, 0.29) is 18.3 Å². The first-order valence-corrected chi connectivity index (χ1v) is 7.23. The minimum Gasteiger partial charge on any atom is -0.480 e. The molecule has 0 fully saturated rings. The van der Waals surface area contributed by atoms with E-state index in [4.69, 9.17) is 5.11 Å². The van der Waals surface area contributed by atoms with Gasteiger partial charge in [-0.25, -0.2) is 13.2 Å². The summed E-state index contributed by atoms with van der Waals surface area (Å²) in [5.74, 6) is -3.32. The molecule has 1 amide bonds. The molecule has 0 saturated carbocycles. The zero-order chi connectivity index (χ0) is 14.3. The van der Waals surface area contributed by atoms with E-state index in [0.29, 0.717) is 0 Å². The van der Waals surface area contributed by atoms with Gasteiger partial charge in [-0.3, -0.25) is 4.79 Å². The average Bonchev–Trinajstić information content (AvgIpc) is 2.21. The maximum Gasteiger partial charge on any atom is 0.326 e. The highest BCUT2D eigenvalue weighted by Gasteiger charge is 2.25. The molecule has 18 heavy (non-hydrogen) atoms. The number of hydrogen-bond donors (Lipinski definition) is 2. The summed E-state index contributed by atoms with van der Waals surface area (Å²) >= 11 is 0. The van der Waals surface area contributed by atoms with Crippen LogP contribution in [0, 0.1) is 5.92 Å². The fraction of sp³-hybridized carbons (Fsp3) is 0.800. The van der Waals surface area contributed by atoms with Gasteiger partial charge in [0, 0.05) is 7.11 Å². The molecule has 0 rings (SSSR count). The van der Waals surface area contributed by atoms with Crippen LogP contribution < -0.4 is 5.32 Å². The molecular weight excluding hydrogens is 262 g/mol. The van der Waals surface area contributed by atoms with E-state index in [0.717, 1.165) is 0 Å². The van der Waals surface area contributed by atoms with Gasteiger partial charge in [0.05, 0.1) is 12.4 Å². The molecule has 0 unspecified atom stereocenters. The normalized spacial score (nSPS) is 13.3. The van der Waals surface area contributed by atoms with Crippen molar-refractivity contribution in [3.05, 3.63) is 0 Å². The molecule has 0 aliphatic rings. The van der Waals surface area contributed by atoms with Gasteiger partial charge in [0.1, 0.15) is 11.8 Å². The van der Waals surface area contributed by atoms with E-state index in [1.54, 1.807) is 13.8 Å². The fourth-order valence-electron chi connectivity index (χ4n) is 1.21. The molecule has 7 nitrogen and oxygen atoms in total. The van der Waals surface area contributed by atoms with Crippen LogP contribution in [0.4, 0.5) is 0 Å². The van der Waals surface area contributed by atoms with E-state index in [1.165, 1.54) is 7.11 Å². The van der Waals surface area contributed by atoms with Gasteiger partial charge in [0.25, 0.3) is 0 Å². The Balaban J connectivity index is 4.46. The van der Waals surface area contributed by atoms with Crippen molar-refractivity contribution < 1.29 is 27.9 Å². The zero-order valence-electron chi connectivity index (χ0n) is 10.7. The van der Waals surface area contributed by atoms with Gasteiger partial charge in [-0.1, -0.05) is 13.8 Å². The summed E-state index contributed by atoms with van der Waals surface area (Å²) in [6, 6.07) is -1.09. The number of amides is 1. The number of methoxy groups -OCH3 is 1. The Kier molecular flexibility index (Phi) is 6.85. The molecule has 106 valence electrons. The lowest BCUT2D eigenvalue weighted by molar-refractivity contribution is -0.142. The molecule has 0 heterocycles. The van der Waals surface area contributed by atoms with Crippen molar-refractivity contribution in [3.8, 4) is 0 Å². The van der Waals surface area contributed by atoms with E-state index in [1.807, 2.05) is 0 Å². The standard InChI is InChI=1S/C10H19NO6S/c1-7(2)9(10(13)14)11-8(12)6-18(15,16)5-4-17-3/h7,9H,4-6H2,1-3H3,(H,11,12)(H,13,14)/t9-/m1/s1. The van der Waals surface area contributed by atoms with Gasteiger partial charge in [-0.05, 0) is 5.92 Å². The number of ether oxygens (including phenoxy) is 1. The topological polar surface area (TPSA) is 110 Å². The van der Waals surface area contributed by atoms with Crippen LogP contribution >= 0.6 is 0 Å². The Morgan fingerprint density at radius 1 is 1.33 bits per heavy atom. The van der Waals surface area contributed by atoms with E-state index in [9.17, 15) is 18.0 Å². The van der Waals surface area contributed by atoms with Crippen LogP contribution in [0.2, 0.25) is 0 Å². The van der Waals surface area contributed by atoms with Gasteiger partial charge >= 0.3 is 5.97 Å². The van der Waals surface area contributed by atoms with Gasteiger partial charge in [-0.2, -0.15) is 0 Å². The van der Waals surface area contributed by atoms with Crippen molar-refractivity contribution in [2.45, 2.75) is 19.9 Å². The number of nitrogens with one attached hydrogen (secondary N) is 1. The Bertz CT molecular complexity index is 389. The largest absolute Gasteiger partial charge is 0.480 e. The summed E-state index contributed by atoms with van der Waals surface area (Å²) in [7, 11) is -2.21. The number of sulfone groups is 1. The summed E-state index contributed by atoms with van der Waals surface area (Å²) in [5, 5.41) is 11.0. The van der Waals surface area contributed by atoms with Crippen molar-refractivity contribution in [2.24, 2.45) is 5.92 Å². The monoisotopic (exact) mass is 281 g/mol. The van der Waals surface area contributed by atoms with Crippen LogP contribution in [0.15, 0.2) is 0 Å². The second-order valence-electron chi connectivity index (χ2n) is 4.21. The summed E-state index contributed by atoms with van der Waals surface area (Å²) in [5.41, 5.74) is 0. The fourth-order valence-corrected chi connectivity index (χ4v) is 2.26. The van der Waals surface area contributed by atoms with Crippen molar-refractivity contribution in [3.63, 3.8) is 0 Å². The molecule has 0 bridgehead atoms. The quantitative estimate of drug-likeness (QED) is 0.607. The maximum absolute atomic E-state index is 11.4. The van der Waals surface area contributed by atoms with Crippen LogP contribution in [-0.4, -0.2) is 56.7 Å².